The third-order valence-corrected chi connectivity index (χ3v) is 3.37. The highest BCUT2D eigenvalue weighted by Gasteiger charge is 2.41. The van der Waals surface area contributed by atoms with Crippen molar-refractivity contribution < 1.29 is 4.79 Å². The Morgan fingerprint density at radius 3 is 2.47 bits per heavy atom. The zero-order valence-electron chi connectivity index (χ0n) is 10.0. The fraction of sp³-hybridized carbons (Fsp3) is 0.909. The third kappa shape index (κ3) is 2.62. The molecule has 88 valence electrons. The topological polar surface area (TPSA) is 53.2 Å². The first-order valence-electron chi connectivity index (χ1n) is 6.00. The average Bonchev–Trinajstić information content (AvgIpc) is 2.28. The smallest absolute Gasteiger partial charge is 0.315 e. The molecule has 4 nitrogen and oxygen atoms in total. The van der Waals surface area contributed by atoms with E-state index < -0.39 is 0 Å². The van der Waals surface area contributed by atoms with E-state index in [0.717, 1.165) is 32.5 Å². The summed E-state index contributed by atoms with van der Waals surface area (Å²) in [5, 5.41) is 9.24. The van der Waals surface area contributed by atoms with E-state index in [9.17, 15) is 4.79 Å². The van der Waals surface area contributed by atoms with Crippen molar-refractivity contribution in [1.82, 2.24) is 16.0 Å². The molecule has 2 aliphatic heterocycles. The quantitative estimate of drug-likeness (QED) is 0.564. The van der Waals surface area contributed by atoms with Gasteiger partial charge in [-0.3, -0.25) is 0 Å². The lowest BCUT2D eigenvalue weighted by atomic mass is 9.76. The molecule has 0 aliphatic carbocycles. The van der Waals surface area contributed by atoms with E-state index in [4.69, 9.17) is 0 Å². The molecule has 1 spiro atoms. The molecule has 0 aromatic heterocycles. The number of nitrogens with one attached hydrogen (secondary N) is 3. The predicted molar refractivity (Wildman–Crippen MR) is 61.9 cm³/mol. The van der Waals surface area contributed by atoms with E-state index >= 15 is 0 Å². The molecule has 0 aromatic rings. The summed E-state index contributed by atoms with van der Waals surface area (Å²) in [7, 11) is 0. The minimum absolute atomic E-state index is 0.000000000000000222. The van der Waals surface area contributed by atoms with E-state index in [1.54, 1.807) is 0 Å². The van der Waals surface area contributed by atoms with Crippen LogP contribution < -0.4 is 16.0 Å². The Morgan fingerprint density at radius 2 is 1.87 bits per heavy atom. The van der Waals surface area contributed by atoms with Gasteiger partial charge in [0, 0.05) is 12.1 Å². The predicted octanol–water partition coefficient (Wildman–Crippen LogP) is 1.08. The Hall–Kier alpha value is -0.770. The number of piperidine rings is 1. The minimum atomic E-state index is 0.000000000000000222. The molecule has 3 N–H and O–H groups in total. The first-order valence-corrected chi connectivity index (χ1v) is 6.00. The van der Waals surface area contributed by atoms with Crippen molar-refractivity contribution in [3.8, 4) is 0 Å². The molecule has 0 saturated carbocycles. The van der Waals surface area contributed by atoms with E-state index in [0.29, 0.717) is 5.92 Å². The van der Waals surface area contributed by atoms with Gasteiger partial charge in [0.1, 0.15) is 0 Å². The number of carbonyl (C=O) groups excluding carboxylic acids is 1. The van der Waals surface area contributed by atoms with Crippen LogP contribution in [0.5, 0.6) is 0 Å². The zero-order chi connectivity index (χ0) is 11.3. The minimum Gasteiger partial charge on any atom is -0.338 e. The highest BCUT2D eigenvalue weighted by atomic mass is 16.2. The second kappa shape index (κ2) is 5.35. The molecule has 0 bridgehead atoms. The van der Waals surface area contributed by atoms with Crippen molar-refractivity contribution >= 4 is 6.03 Å². The van der Waals surface area contributed by atoms with Crippen LogP contribution in [-0.2, 0) is 0 Å². The summed E-state index contributed by atoms with van der Waals surface area (Å²) in [4.78, 5) is 11.2. The Kier molecular flexibility index (Phi) is 4.39. The molecule has 2 heterocycles. The maximum Gasteiger partial charge on any atom is 0.315 e. The van der Waals surface area contributed by atoms with Crippen molar-refractivity contribution in [2.75, 3.05) is 19.6 Å². The Balaban J connectivity index is 0.000000531. The zero-order valence-corrected chi connectivity index (χ0v) is 10.0. The lowest BCUT2D eigenvalue weighted by molar-refractivity contribution is 0.139. The highest BCUT2D eigenvalue weighted by Crippen LogP contribution is 2.28. The van der Waals surface area contributed by atoms with Crippen LogP contribution >= 0.6 is 0 Å². The second-order valence-corrected chi connectivity index (χ2v) is 4.14. The van der Waals surface area contributed by atoms with Crippen LogP contribution in [0.2, 0.25) is 0 Å². The number of urea groups is 1. The molecule has 2 aliphatic rings. The number of hydrogen-bond donors (Lipinski definition) is 3. The van der Waals surface area contributed by atoms with Crippen LogP contribution in [0, 0.1) is 5.92 Å². The maximum atomic E-state index is 11.2. The fourth-order valence-corrected chi connectivity index (χ4v) is 2.33. The molecule has 1 unspecified atom stereocenters. The van der Waals surface area contributed by atoms with Gasteiger partial charge in [-0.05, 0) is 31.8 Å². The normalized spacial score (nSPS) is 28.5. The lowest BCUT2D eigenvalue weighted by Gasteiger charge is -2.46. The fourth-order valence-electron chi connectivity index (χ4n) is 2.33. The number of carbonyl (C=O) groups is 1. The largest absolute Gasteiger partial charge is 0.338 e. The van der Waals surface area contributed by atoms with E-state index in [2.05, 4.69) is 22.9 Å². The summed E-state index contributed by atoms with van der Waals surface area (Å²) in [5.41, 5.74) is 0.0631. The van der Waals surface area contributed by atoms with Crippen molar-refractivity contribution in [3.05, 3.63) is 0 Å². The van der Waals surface area contributed by atoms with Crippen molar-refractivity contribution in [1.29, 1.82) is 0 Å². The number of hydrogen-bond acceptors (Lipinski definition) is 2. The lowest BCUT2D eigenvalue weighted by Crippen LogP contribution is -2.66. The first-order chi connectivity index (χ1) is 7.23. The van der Waals surface area contributed by atoms with Gasteiger partial charge in [0.05, 0.1) is 0 Å². The summed E-state index contributed by atoms with van der Waals surface area (Å²) >= 11 is 0. The van der Waals surface area contributed by atoms with Crippen LogP contribution in [-0.4, -0.2) is 31.2 Å². The number of amides is 2. The Morgan fingerprint density at radius 1 is 1.27 bits per heavy atom. The number of rotatable bonds is 0. The van der Waals surface area contributed by atoms with Gasteiger partial charge in [-0.1, -0.05) is 20.8 Å². The molecule has 1 atom stereocenters. The monoisotopic (exact) mass is 213 g/mol. The SMILES string of the molecule is CC.CC1CNC(=O)NC12CCNCC2. The third-order valence-electron chi connectivity index (χ3n) is 3.37. The van der Waals surface area contributed by atoms with Crippen molar-refractivity contribution in [2.24, 2.45) is 5.92 Å². The highest BCUT2D eigenvalue weighted by molar-refractivity contribution is 5.75. The first kappa shape index (κ1) is 12.3. The standard InChI is InChI=1S/C9H17N3O.C2H6/c1-7-6-11-8(13)12-9(7)2-4-10-5-3-9;1-2/h7,10H,2-6H2,1H3,(H2,11,12,13);1-2H3. The maximum absolute atomic E-state index is 11.2. The van der Waals surface area contributed by atoms with Gasteiger partial charge >= 0.3 is 6.03 Å². The molecule has 0 radical (unpaired) electrons. The van der Waals surface area contributed by atoms with Crippen molar-refractivity contribution in [3.63, 3.8) is 0 Å². The molecule has 2 saturated heterocycles. The van der Waals surface area contributed by atoms with Gasteiger partial charge < -0.3 is 16.0 Å². The van der Waals surface area contributed by atoms with Crippen LogP contribution in [0.3, 0.4) is 0 Å². The van der Waals surface area contributed by atoms with Crippen LogP contribution in [0.15, 0.2) is 0 Å². The summed E-state index contributed by atoms with van der Waals surface area (Å²) < 4.78 is 0. The van der Waals surface area contributed by atoms with Crippen LogP contribution in [0.25, 0.3) is 0 Å². The van der Waals surface area contributed by atoms with Gasteiger partial charge in [-0.25, -0.2) is 4.79 Å². The van der Waals surface area contributed by atoms with Crippen LogP contribution in [0.4, 0.5) is 4.79 Å². The van der Waals surface area contributed by atoms with Gasteiger partial charge in [0.15, 0.2) is 0 Å². The molecular weight excluding hydrogens is 190 g/mol. The molecule has 2 fully saturated rings. The molecule has 15 heavy (non-hydrogen) atoms. The van der Waals surface area contributed by atoms with E-state index in [1.165, 1.54) is 0 Å². The summed E-state index contributed by atoms with van der Waals surface area (Å²) in [6.45, 7) is 9.05. The van der Waals surface area contributed by atoms with Gasteiger partial charge in [0.25, 0.3) is 0 Å². The average molecular weight is 213 g/mol. The van der Waals surface area contributed by atoms with Gasteiger partial charge in [-0.2, -0.15) is 0 Å². The molecular formula is C11H23N3O. The van der Waals surface area contributed by atoms with Gasteiger partial charge in [-0.15, -0.1) is 0 Å². The van der Waals surface area contributed by atoms with E-state index in [1.807, 2.05) is 13.8 Å². The van der Waals surface area contributed by atoms with E-state index in [-0.39, 0.29) is 11.6 Å². The Labute approximate surface area is 92.2 Å². The summed E-state index contributed by atoms with van der Waals surface area (Å²) in [6, 6.07) is 0.000000000000000222. The molecule has 4 heteroatoms. The van der Waals surface area contributed by atoms with Crippen molar-refractivity contribution in [2.45, 2.75) is 39.2 Å². The molecule has 2 amide bonds. The van der Waals surface area contributed by atoms with Crippen LogP contribution in [0.1, 0.15) is 33.6 Å². The molecule has 0 aromatic carbocycles. The second-order valence-electron chi connectivity index (χ2n) is 4.14. The molecule has 2 rings (SSSR count). The van der Waals surface area contributed by atoms with Gasteiger partial charge in [0.2, 0.25) is 0 Å². The summed E-state index contributed by atoms with van der Waals surface area (Å²) in [5.74, 6) is 0.535. The summed E-state index contributed by atoms with van der Waals surface area (Å²) in [6.07, 6.45) is 2.11. The Bertz CT molecular complexity index is 212.